The van der Waals surface area contributed by atoms with Crippen LogP contribution in [0.2, 0.25) is 0 Å². The number of rotatable bonds is 5. The zero-order chi connectivity index (χ0) is 20.4. The molecule has 6 nitrogen and oxygen atoms in total. The molecular weight excluding hydrogens is 368 g/mol. The lowest BCUT2D eigenvalue weighted by atomic mass is 9.92. The summed E-state index contributed by atoms with van der Waals surface area (Å²) in [6.07, 6.45) is 3.16. The normalized spacial score (nSPS) is 16.2. The minimum absolute atomic E-state index is 0.0830. The number of hydrogen-bond donors (Lipinski definition) is 2. The van der Waals surface area contributed by atoms with Gasteiger partial charge in [-0.2, -0.15) is 0 Å². The molecule has 1 saturated heterocycles. The Hall–Kier alpha value is -2.86. The first kappa shape index (κ1) is 19.5. The second-order valence-electron chi connectivity index (χ2n) is 7.71. The topological polar surface area (TPSA) is 90.7 Å². The van der Waals surface area contributed by atoms with Crippen LogP contribution in [0.5, 0.6) is 5.75 Å². The van der Waals surface area contributed by atoms with Gasteiger partial charge in [-0.25, -0.2) is 0 Å². The van der Waals surface area contributed by atoms with Gasteiger partial charge in [0.2, 0.25) is 5.91 Å². The van der Waals surface area contributed by atoms with Crippen molar-refractivity contribution in [3.05, 3.63) is 63.7 Å². The zero-order valence-electron chi connectivity index (χ0n) is 16.6. The number of primary amides is 1. The summed E-state index contributed by atoms with van der Waals surface area (Å²) < 4.78 is 11.2. The van der Waals surface area contributed by atoms with Crippen LogP contribution >= 0.6 is 0 Å². The van der Waals surface area contributed by atoms with Crippen LogP contribution in [-0.4, -0.2) is 37.7 Å². The molecule has 0 unspecified atom stereocenters. The van der Waals surface area contributed by atoms with Gasteiger partial charge in [-0.15, -0.1) is 0 Å². The van der Waals surface area contributed by atoms with Gasteiger partial charge in [0.15, 0.2) is 0 Å². The van der Waals surface area contributed by atoms with E-state index in [0.717, 1.165) is 41.7 Å². The summed E-state index contributed by atoms with van der Waals surface area (Å²) >= 11 is 0. The van der Waals surface area contributed by atoms with Crippen molar-refractivity contribution in [1.29, 1.82) is 0 Å². The van der Waals surface area contributed by atoms with Gasteiger partial charge in [-0.1, -0.05) is 12.1 Å². The van der Waals surface area contributed by atoms with Gasteiger partial charge >= 0.3 is 0 Å². The Morgan fingerprint density at radius 3 is 2.55 bits per heavy atom. The Bertz CT molecular complexity index is 931. The van der Waals surface area contributed by atoms with Crippen LogP contribution in [-0.2, 0) is 17.6 Å². The highest BCUT2D eigenvalue weighted by Gasteiger charge is 2.26. The number of carbonyl (C=O) groups is 2. The molecule has 0 spiro atoms. The van der Waals surface area contributed by atoms with E-state index in [1.54, 1.807) is 12.1 Å². The Morgan fingerprint density at radius 1 is 1.14 bits per heavy atom. The Labute approximate surface area is 170 Å². The molecule has 2 amide bonds. The Kier molecular flexibility index (Phi) is 5.53. The van der Waals surface area contributed by atoms with E-state index in [0.29, 0.717) is 37.4 Å². The van der Waals surface area contributed by atoms with E-state index >= 15 is 0 Å². The van der Waals surface area contributed by atoms with E-state index in [1.165, 1.54) is 5.56 Å². The standard InChI is InChI=1S/C23H26N2O4/c1-14-17(12-15-2-4-16(5-3-15)22(24)26)13-20(21-19(14)8-11-29-21)23(27)25-18-6-9-28-10-7-18/h2-5,13,18H,6-12H2,1H3,(H2,24,26)(H,25,27). The molecule has 0 radical (unpaired) electrons. The maximum atomic E-state index is 13.0. The first-order valence-corrected chi connectivity index (χ1v) is 10.1. The summed E-state index contributed by atoms with van der Waals surface area (Å²) in [7, 11) is 0. The quantitative estimate of drug-likeness (QED) is 0.815. The number of fused-ring (bicyclic) bond motifs is 1. The van der Waals surface area contributed by atoms with Crippen molar-refractivity contribution in [2.45, 2.75) is 38.6 Å². The number of hydrogen-bond acceptors (Lipinski definition) is 4. The van der Waals surface area contributed by atoms with Crippen LogP contribution in [0.25, 0.3) is 0 Å². The van der Waals surface area contributed by atoms with Crippen LogP contribution in [0.3, 0.4) is 0 Å². The molecule has 2 aliphatic heterocycles. The minimum atomic E-state index is -0.436. The maximum absolute atomic E-state index is 13.0. The Balaban J connectivity index is 1.61. The third kappa shape index (κ3) is 4.12. The number of ether oxygens (including phenoxy) is 2. The second kappa shape index (κ2) is 8.25. The summed E-state index contributed by atoms with van der Waals surface area (Å²) in [6.45, 7) is 4.05. The fourth-order valence-electron chi connectivity index (χ4n) is 4.06. The van der Waals surface area contributed by atoms with E-state index in [-0.39, 0.29) is 11.9 Å². The Morgan fingerprint density at radius 2 is 1.86 bits per heavy atom. The van der Waals surface area contributed by atoms with Crippen LogP contribution in [0, 0.1) is 6.92 Å². The highest BCUT2D eigenvalue weighted by Crippen LogP contribution is 2.35. The summed E-state index contributed by atoms with van der Waals surface area (Å²) in [5.74, 6) is 0.203. The monoisotopic (exact) mass is 394 g/mol. The van der Waals surface area contributed by atoms with Gasteiger partial charge in [0.1, 0.15) is 5.75 Å². The van der Waals surface area contributed by atoms with Crippen molar-refractivity contribution in [1.82, 2.24) is 5.32 Å². The van der Waals surface area contributed by atoms with Gasteiger partial charge in [0, 0.05) is 36.8 Å². The van der Waals surface area contributed by atoms with Crippen molar-refractivity contribution in [2.75, 3.05) is 19.8 Å². The lowest BCUT2D eigenvalue weighted by molar-refractivity contribution is 0.0695. The number of nitrogens with one attached hydrogen (secondary N) is 1. The van der Waals surface area contributed by atoms with E-state index in [9.17, 15) is 9.59 Å². The smallest absolute Gasteiger partial charge is 0.255 e. The number of carbonyl (C=O) groups excluding carboxylic acids is 2. The fraction of sp³-hybridized carbons (Fsp3) is 0.391. The first-order valence-electron chi connectivity index (χ1n) is 10.1. The van der Waals surface area contributed by atoms with Crippen molar-refractivity contribution >= 4 is 11.8 Å². The third-order valence-electron chi connectivity index (χ3n) is 5.80. The van der Waals surface area contributed by atoms with Crippen molar-refractivity contribution in [3.8, 4) is 5.75 Å². The second-order valence-corrected chi connectivity index (χ2v) is 7.71. The largest absolute Gasteiger partial charge is 0.492 e. The molecule has 0 saturated carbocycles. The molecule has 6 heteroatoms. The molecule has 0 aliphatic carbocycles. The molecule has 4 rings (SSSR count). The van der Waals surface area contributed by atoms with Crippen LogP contribution in [0.15, 0.2) is 30.3 Å². The molecule has 152 valence electrons. The molecule has 3 N–H and O–H groups in total. The number of benzene rings is 2. The minimum Gasteiger partial charge on any atom is -0.492 e. The van der Waals surface area contributed by atoms with E-state index < -0.39 is 5.91 Å². The van der Waals surface area contributed by atoms with Gasteiger partial charge < -0.3 is 20.5 Å². The van der Waals surface area contributed by atoms with Crippen molar-refractivity contribution in [2.24, 2.45) is 5.73 Å². The first-order chi connectivity index (χ1) is 14.0. The van der Waals surface area contributed by atoms with Gasteiger partial charge in [0.25, 0.3) is 5.91 Å². The molecule has 0 aromatic heterocycles. The van der Waals surface area contributed by atoms with E-state index in [1.807, 2.05) is 18.2 Å². The summed E-state index contributed by atoms with van der Waals surface area (Å²) in [5.41, 5.74) is 10.9. The molecule has 2 aliphatic rings. The molecular formula is C23H26N2O4. The predicted molar refractivity (Wildman–Crippen MR) is 109 cm³/mol. The molecule has 2 heterocycles. The van der Waals surface area contributed by atoms with Crippen LogP contribution in [0.4, 0.5) is 0 Å². The molecule has 0 atom stereocenters. The lowest BCUT2D eigenvalue weighted by Gasteiger charge is -2.24. The average molecular weight is 394 g/mol. The van der Waals surface area contributed by atoms with Crippen LogP contribution in [0.1, 0.15) is 55.8 Å². The SMILES string of the molecule is Cc1c(Cc2ccc(C(N)=O)cc2)cc(C(=O)NC2CCOCC2)c2c1CCO2. The summed E-state index contributed by atoms with van der Waals surface area (Å²) in [4.78, 5) is 24.3. The van der Waals surface area contributed by atoms with E-state index in [2.05, 4.69) is 12.2 Å². The number of nitrogens with two attached hydrogens (primary N) is 1. The molecule has 0 bridgehead atoms. The van der Waals surface area contributed by atoms with Gasteiger partial charge in [-0.05, 0) is 61.1 Å². The fourth-order valence-corrected chi connectivity index (χ4v) is 4.06. The van der Waals surface area contributed by atoms with Crippen molar-refractivity contribution < 1.29 is 19.1 Å². The zero-order valence-corrected chi connectivity index (χ0v) is 16.6. The maximum Gasteiger partial charge on any atom is 0.255 e. The summed E-state index contributed by atoms with van der Waals surface area (Å²) in [6, 6.07) is 9.39. The van der Waals surface area contributed by atoms with Gasteiger partial charge in [0.05, 0.1) is 12.2 Å². The average Bonchev–Trinajstić information content (AvgIpc) is 3.21. The molecule has 1 fully saturated rings. The predicted octanol–water partition coefficient (Wildman–Crippen LogP) is 2.53. The van der Waals surface area contributed by atoms with Gasteiger partial charge in [-0.3, -0.25) is 9.59 Å². The molecule has 29 heavy (non-hydrogen) atoms. The highest BCUT2D eigenvalue weighted by molar-refractivity contribution is 5.98. The number of amides is 2. The summed E-state index contributed by atoms with van der Waals surface area (Å²) in [5, 5.41) is 3.15. The third-order valence-corrected chi connectivity index (χ3v) is 5.80. The van der Waals surface area contributed by atoms with Crippen LogP contribution < -0.4 is 15.8 Å². The van der Waals surface area contributed by atoms with E-state index in [4.69, 9.17) is 15.2 Å². The lowest BCUT2D eigenvalue weighted by Crippen LogP contribution is -2.39. The molecule has 2 aromatic carbocycles. The van der Waals surface area contributed by atoms with Crippen molar-refractivity contribution in [3.63, 3.8) is 0 Å². The molecule has 2 aromatic rings. The highest BCUT2D eigenvalue weighted by atomic mass is 16.5.